The first kappa shape index (κ1) is 26.8. The van der Waals surface area contributed by atoms with Crippen molar-refractivity contribution in [1.82, 2.24) is 0 Å². The Morgan fingerprint density at radius 3 is 2.03 bits per heavy atom. The Hall–Kier alpha value is -2.23. The first-order valence-corrected chi connectivity index (χ1v) is 15.4. The normalized spacial score (nSPS) is 27.9. The first-order chi connectivity index (χ1) is 16.9. The van der Waals surface area contributed by atoms with E-state index in [0.29, 0.717) is 18.8 Å². The largest absolute Gasteiger partial charge is 0.407 e. The van der Waals surface area contributed by atoms with Crippen LogP contribution in [0.2, 0.25) is 5.04 Å². The summed E-state index contributed by atoms with van der Waals surface area (Å²) < 4.78 is 7.43. The van der Waals surface area contributed by atoms with Crippen LogP contribution in [0.25, 0.3) is 0 Å². The Morgan fingerprint density at radius 1 is 1.03 bits per heavy atom. The lowest BCUT2D eigenvalue weighted by molar-refractivity contribution is -0.137. The molecule has 0 radical (unpaired) electrons. The van der Waals surface area contributed by atoms with E-state index in [9.17, 15) is 4.79 Å². The van der Waals surface area contributed by atoms with E-state index in [4.69, 9.17) is 4.43 Å². The molecule has 4 rings (SSSR count). The van der Waals surface area contributed by atoms with Gasteiger partial charge in [0.15, 0.2) is 0 Å². The number of hydrogen-bond acceptors (Lipinski definition) is 2. The summed E-state index contributed by atoms with van der Waals surface area (Å²) >= 11 is 0. The molecule has 2 aromatic carbocycles. The first-order valence-electron chi connectivity index (χ1n) is 13.5. The number of Topliss-reactive ketones (excluding diaryl/α,β-unsaturated/α-hetero) is 1. The summed E-state index contributed by atoms with van der Waals surface area (Å²) in [7, 11) is -2.70. The molecule has 4 atom stereocenters. The van der Waals surface area contributed by atoms with E-state index >= 15 is 0 Å². The van der Waals surface area contributed by atoms with E-state index in [0.717, 1.165) is 6.42 Å². The summed E-state index contributed by atoms with van der Waals surface area (Å²) in [5, 5.41) is 2.47. The minimum Gasteiger partial charge on any atom is -0.407 e. The smallest absolute Gasteiger partial charge is 0.261 e. The molecular weight excluding hydrogens is 456 g/mol. The van der Waals surface area contributed by atoms with Crippen LogP contribution in [0.5, 0.6) is 0 Å². The van der Waals surface area contributed by atoms with E-state index in [2.05, 4.69) is 128 Å². The molecule has 0 aromatic heterocycles. The number of benzene rings is 2. The second kappa shape index (κ2) is 9.57. The third kappa shape index (κ3) is 4.09. The molecule has 0 heterocycles. The molecule has 192 valence electrons. The highest BCUT2D eigenvalue weighted by molar-refractivity contribution is 6.99. The zero-order valence-corrected chi connectivity index (χ0v) is 24.3. The van der Waals surface area contributed by atoms with Gasteiger partial charge in [-0.05, 0) is 40.1 Å². The maximum Gasteiger partial charge on any atom is 0.261 e. The topological polar surface area (TPSA) is 26.3 Å². The molecule has 0 saturated heterocycles. The van der Waals surface area contributed by atoms with Crippen LogP contribution >= 0.6 is 0 Å². The van der Waals surface area contributed by atoms with Gasteiger partial charge in [-0.3, -0.25) is 4.79 Å². The van der Waals surface area contributed by atoms with Crippen molar-refractivity contribution >= 4 is 24.5 Å². The minimum atomic E-state index is -2.70. The zero-order valence-electron chi connectivity index (χ0n) is 23.3. The lowest BCUT2D eigenvalue weighted by Gasteiger charge is -2.52. The maximum absolute atomic E-state index is 13.5. The summed E-state index contributed by atoms with van der Waals surface area (Å²) in [4.78, 5) is 13.5. The van der Waals surface area contributed by atoms with Gasteiger partial charge in [0.05, 0.1) is 0 Å². The molecule has 0 aliphatic heterocycles. The molecular formula is C33H44O2Si. The van der Waals surface area contributed by atoms with Gasteiger partial charge in [0.2, 0.25) is 0 Å². The Kier molecular flexibility index (Phi) is 7.13. The van der Waals surface area contributed by atoms with E-state index in [1.54, 1.807) is 0 Å². The average molecular weight is 501 g/mol. The fraction of sp³-hybridized carbons (Fsp3) is 0.485. The standard InChI is InChI=1S/C33H44O2Si/c1-9-20-33-22-24(2)32(7,8)30(33)21-29(34)25(3)28(33)23-35-36(31(4,5)6,26-16-12-10-13-17-26)27-18-14-11-15-19-27/h9-19,22,25,28,30H,1,20-21,23H2,2-8H3/t25-,28+,30+,33+/m1/s1. The summed E-state index contributed by atoms with van der Waals surface area (Å²) in [6, 6.07) is 21.6. The van der Waals surface area contributed by atoms with E-state index in [1.807, 2.05) is 0 Å². The lowest BCUT2D eigenvalue weighted by atomic mass is 9.53. The summed E-state index contributed by atoms with van der Waals surface area (Å²) in [6.07, 6.45) is 6.09. The molecule has 1 saturated carbocycles. The van der Waals surface area contributed by atoms with Crippen molar-refractivity contribution in [2.45, 2.75) is 66.3 Å². The SMILES string of the molecule is C=CC[C@@]12C=C(C)C(C)(C)[C@@H]1CC(=O)[C@H](C)[C@@H]2CO[Si](c1ccccc1)(c1ccccc1)C(C)(C)C. The number of allylic oxidation sites excluding steroid dienone is 3. The van der Waals surface area contributed by atoms with Gasteiger partial charge in [-0.25, -0.2) is 0 Å². The van der Waals surface area contributed by atoms with Crippen LogP contribution in [0.4, 0.5) is 0 Å². The lowest BCUT2D eigenvalue weighted by Crippen LogP contribution is -2.67. The van der Waals surface area contributed by atoms with Crippen molar-refractivity contribution in [3.05, 3.63) is 85.0 Å². The predicted octanol–water partition coefficient (Wildman–Crippen LogP) is 6.95. The predicted molar refractivity (Wildman–Crippen MR) is 154 cm³/mol. The molecule has 0 amide bonds. The van der Waals surface area contributed by atoms with Crippen molar-refractivity contribution < 1.29 is 9.22 Å². The number of carbonyl (C=O) groups excluding carboxylic acids is 1. The van der Waals surface area contributed by atoms with Gasteiger partial charge in [0.1, 0.15) is 5.78 Å². The summed E-state index contributed by atoms with van der Waals surface area (Å²) in [6.45, 7) is 20.7. The maximum atomic E-state index is 13.5. The Balaban J connectivity index is 1.85. The van der Waals surface area contributed by atoms with Gasteiger partial charge in [0, 0.05) is 30.3 Å². The second-order valence-corrected chi connectivity index (χ2v) is 17.1. The fourth-order valence-electron chi connectivity index (χ4n) is 7.40. The summed E-state index contributed by atoms with van der Waals surface area (Å²) in [5.74, 6) is 0.726. The van der Waals surface area contributed by atoms with Gasteiger partial charge >= 0.3 is 0 Å². The number of carbonyl (C=O) groups is 1. The molecule has 1 fully saturated rings. The van der Waals surface area contributed by atoms with Crippen LogP contribution < -0.4 is 10.4 Å². The monoisotopic (exact) mass is 500 g/mol. The molecule has 2 aliphatic carbocycles. The third-order valence-electron chi connectivity index (χ3n) is 9.62. The Labute approximate surface area is 220 Å². The van der Waals surface area contributed by atoms with Crippen LogP contribution in [0, 0.1) is 28.6 Å². The molecule has 2 aliphatic rings. The number of fused-ring (bicyclic) bond motifs is 1. The average Bonchev–Trinajstić information content (AvgIpc) is 3.02. The van der Waals surface area contributed by atoms with Gasteiger partial charge in [-0.2, -0.15) is 0 Å². The van der Waals surface area contributed by atoms with Gasteiger partial charge < -0.3 is 4.43 Å². The number of hydrogen-bond donors (Lipinski definition) is 0. The molecule has 2 nitrogen and oxygen atoms in total. The molecule has 0 spiro atoms. The quantitative estimate of drug-likeness (QED) is 0.304. The molecule has 36 heavy (non-hydrogen) atoms. The van der Waals surface area contributed by atoms with Gasteiger partial charge in [-0.15, -0.1) is 6.58 Å². The highest BCUT2D eigenvalue weighted by Crippen LogP contribution is 2.63. The molecule has 0 N–H and O–H groups in total. The van der Waals surface area contributed by atoms with Gasteiger partial charge in [0.25, 0.3) is 8.32 Å². The minimum absolute atomic E-state index is 0.00549. The number of rotatable bonds is 7. The molecule has 2 aromatic rings. The third-order valence-corrected chi connectivity index (χ3v) is 14.6. The zero-order chi connectivity index (χ0) is 26.4. The van der Waals surface area contributed by atoms with Crippen LogP contribution in [0.3, 0.4) is 0 Å². The van der Waals surface area contributed by atoms with Crippen LogP contribution in [-0.4, -0.2) is 20.7 Å². The Bertz CT molecular complexity index is 1090. The van der Waals surface area contributed by atoms with E-state index in [1.165, 1.54) is 15.9 Å². The highest BCUT2D eigenvalue weighted by atomic mass is 28.4. The van der Waals surface area contributed by atoms with Crippen LogP contribution in [0.1, 0.15) is 61.3 Å². The highest BCUT2D eigenvalue weighted by Gasteiger charge is 2.60. The summed E-state index contributed by atoms with van der Waals surface area (Å²) in [5.41, 5.74) is 1.29. The van der Waals surface area contributed by atoms with Crippen molar-refractivity contribution in [3.8, 4) is 0 Å². The van der Waals surface area contributed by atoms with Gasteiger partial charge in [-0.1, -0.05) is 120 Å². The van der Waals surface area contributed by atoms with Crippen molar-refractivity contribution in [2.24, 2.45) is 28.6 Å². The van der Waals surface area contributed by atoms with E-state index in [-0.39, 0.29) is 33.6 Å². The fourth-order valence-corrected chi connectivity index (χ4v) is 12.0. The molecule has 3 heteroatoms. The number of ketones is 1. The molecule has 0 unspecified atom stereocenters. The Morgan fingerprint density at radius 2 is 1.56 bits per heavy atom. The van der Waals surface area contributed by atoms with Crippen molar-refractivity contribution in [2.75, 3.05) is 6.61 Å². The van der Waals surface area contributed by atoms with Crippen molar-refractivity contribution in [1.29, 1.82) is 0 Å². The second-order valence-electron chi connectivity index (χ2n) is 12.7. The van der Waals surface area contributed by atoms with Crippen LogP contribution in [-0.2, 0) is 9.22 Å². The van der Waals surface area contributed by atoms with Crippen LogP contribution in [0.15, 0.2) is 85.0 Å². The van der Waals surface area contributed by atoms with E-state index < -0.39 is 8.32 Å². The van der Waals surface area contributed by atoms with Crippen molar-refractivity contribution in [3.63, 3.8) is 0 Å². The molecule has 0 bridgehead atoms.